The summed E-state index contributed by atoms with van der Waals surface area (Å²) < 4.78 is 53.0. The van der Waals surface area contributed by atoms with Crippen LogP contribution in [-0.4, -0.2) is 56.7 Å². The van der Waals surface area contributed by atoms with Crippen molar-refractivity contribution in [3.8, 4) is 17.2 Å². The highest BCUT2D eigenvalue weighted by Gasteiger charge is 2.19. The lowest BCUT2D eigenvalue weighted by Gasteiger charge is -2.16. The summed E-state index contributed by atoms with van der Waals surface area (Å²) in [7, 11) is -6.18. The van der Waals surface area contributed by atoms with Crippen LogP contribution in [0.2, 0.25) is 0 Å². The van der Waals surface area contributed by atoms with Crippen molar-refractivity contribution in [3.63, 3.8) is 0 Å². The first kappa shape index (κ1) is 29.8. The fraction of sp³-hybridized carbons (Fsp3) is 0.360. The molecule has 10 nitrogen and oxygen atoms in total. The lowest BCUT2D eigenvalue weighted by atomic mass is 10.2. The van der Waals surface area contributed by atoms with E-state index in [1.165, 1.54) is 41.7 Å². The number of aromatic nitrogens is 1. The Labute approximate surface area is 226 Å². The molecule has 0 fully saturated rings. The van der Waals surface area contributed by atoms with Gasteiger partial charge in [-0.1, -0.05) is 0 Å². The smallest absolute Gasteiger partial charge is 0.257 e. The summed E-state index contributed by atoms with van der Waals surface area (Å²) in [6.07, 6.45) is 1.35. The quantitative estimate of drug-likeness (QED) is 0.261. The number of aliphatic hydroxyl groups is 1. The van der Waals surface area contributed by atoms with Crippen molar-refractivity contribution in [2.75, 3.05) is 31.5 Å². The molecule has 0 bridgehead atoms. The minimum atomic E-state index is -3.35. The van der Waals surface area contributed by atoms with Gasteiger partial charge < -0.3 is 19.1 Å². The number of rotatable bonds is 13. The lowest BCUT2D eigenvalue weighted by Crippen LogP contribution is -2.15. The molecule has 1 heterocycles. The van der Waals surface area contributed by atoms with Gasteiger partial charge in [-0.3, -0.25) is 14.7 Å². The van der Waals surface area contributed by atoms with Gasteiger partial charge in [0.05, 0.1) is 29.5 Å². The van der Waals surface area contributed by atoms with Crippen LogP contribution < -0.4 is 14.8 Å². The van der Waals surface area contributed by atoms with Gasteiger partial charge in [0, 0.05) is 43.0 Å². The van der Waals surface area contributed by atoms with Crippen LogP contribution in [0.15, 0.2) is 52.7 Å². The number of carbonyl (C=O) groups is 1. The molecule has 0 saturated heterocycles. The zero-order valence-electron chi connectivity index (χ0n) is 21.5. The van der Waals surface area contributed by atoms with E-state index in [2.05, 4.69) is 10.3 Å². The van der Waals surface area contributed by atoms with Gasteiger partial charge in [-0.25, -0.2) is 13.4 Å². The molecule has 1 amide bonds. The standard InChI is InChI=1S/C25H31N2O8PS2/c1-5-33-36(3,30)15-19-16-37-25(26-19)27-24(29)18-12-21(34-17(2)10-11-28)14-22(13-18)35-20-6-8-23(9-7-20)38(4,31)32/h6-9,12-14,16-17,28H,5,10-11,15H2,1-4H3,(H,26,27,29)/t17-,36?/m0/s1. The van der Waals surface area contributed by atoms with Gasteiger partial charge in [-0.2, -0.15) is 0 Å². The number of hydrogen-bond acceptors (Lipinski definition) is 10. The largest absolute Gasteiger partial charge is 0.490 e. The van der Waals surface area contributed by atoms with Gasteiger partial charge >= 0.3 is 0 Å². The number of hydrogen-bond donors (Lipinski definition) is 2. The Bertz CT molecular complexity index is 1410. The van der Waals surface area contributed by atoms with Gasteiger partial charge in [-0.05, 0) is 50.2 Å². The molecule has 38 heavy (non-hydrogen) atoms. The predicted octanol–water partition coefficient (Wildman–Crippen LogP) is 5.19. The first-order valence-electron chi connectivity index (χ1n) is 11.8. The maximum Gasteiger partial charge on any atom is 0.257 e. The monoisotopic (exact) mass is 582 g/mol. The number of nitrogens with one attached hydrogen (secondary N) is 1. The summed E-state index contributed by atoms with van der Waals surface area (Å²) >= 11 is 1.20. The highest BCUT2D eigenvalue weighted by molar-refractivity contribution is 7.90. The number of thiazole rings is 1. The van der Waals surface area contributed by atoms with E-state index in [0.29, 0.717) is 41.1 Å². The van der Waals surface area contributed by atoms with Crippen molar-refractivity contribution in [3.05, 3.63) is 59.1 Å². The molecule has 2 aromatic carbocycles. The van der Waals surface area contributed by atoms with E-state index in [1.807, 2.05) is 0 Å². The van der Waals surface area contributed by atoms with E-state index in [4.69, 9.17) is 14.0 Å². The van der Waals surface area contributed by atoms with Crippen LogP contribution >= 0.6 is 18.7 Å². The van der Waals surface area contributed by atoms with Crippen LogP contribution in [0.3, 0.4) is 0 Å². The number of amides is 1. The predicted molar refractivity (Wildman–Crippen MR) is 147 cm³/mol. The first-order chi connectivity index (χ1) is 17.9. The maximum absolute atomic E-state index is 13.1. The molecule has 206 valence electrons. The summed E-state index contributed by atoms with van der Waals surface area (Å²) in [6, 6.07) is 10.6. The van der Waals surface area contributed by atoms with Crippen LogP contribution in [0.5, 0.6) is 17.2 Å². The molecule has 0 saturated carbocycles. The molecule has 1 aromatic heterocycles. The van der Waals surface area contributed by atoms with E-state index >= 15 is 0 Å². The summed E-state index contributed by atoms with van der Waals surface area (Å²) in [4.78, 5) is 17.6. The second-order valence-corrected chi connectivity index (χ2v) is 14.1. The molecule has 0 radical (unpaired) electrons. The van der Waals surface area contributed by atoms with Gasteiger partial charge in [0.15, 0.2) is 15.0 Å². The van der Waals surface area contributed by atoms with Gasteiger partial charge in [0.2, 0.25) is 7.37 Å². The zero-order chi connectivity index (χ0) is 27.9. The highest BCUT2D eigenvalue weighted by Crippen LogP contribution is 2.46. The van der Waals surface area contributed by atoms with Crippen LogP contribution in [-0.2, 0) is 25.1 Å². The van der Waals surface area contributed by atoms with E-state index in [0.717, 1.165) is 6.26 Å². The van der Waals surface area contributed by atoms with E-state index in [9.17, 15) is 22.9 Å². The summed E-state index contributed by atoms with van der Waals surface area (Å²) in [5.41, 5.74) is 0.787. The van der Waals surface area contributed by atoms with Crippen LogP contribution in [0.4, 0.5) is 5.13 Å². The van der Waals surface area contributed by atoms with Crippen molar-refractivity contribution in [1.82, 2.24) is 4.98 Å². The Morgan fingerprint density at radius 3 is 2.47 bits per heavy atom. The number of aliphatic hydroxyl groups excluding tert-OH is 1. The summed E-state index contributed by atoms with van der Waals surface area (Å²) in [6.45, 7) is 5.39. The lowest BCUT2D eigenvalue weighted by molar-refractivity contribution is 0.102. The molecule has 2 N–H and O–H groups in total. The molecule has 0 aliphatic rings. The molecule has 3 aromatic rings. The third kappa shape index (κ3) is 8.92. The van der Waals surface area contributed by atoms with E-state index < -0.39 is 23.1 Å². The number of carbonyl (C=O) groups excluding carboxylic acids is 1. The Balaban J connectivity index is 1.83. The average molecular weight is 583 g/mol. The highest BCUT2D eigenvalue weighted by atomic mass is 32.2. The van der Waals surface area contributed by atoms with Crippen molar-refractivity contribution in [2.24, 2.45) is 0 Å². The van der Waals surface area contributed by atoms with E-state index in [-0.39, 0.29) is 29.3 Å². The normalized spacial score (nSPS) is 13.9. The topological polar surface area (TPSA) is 141 Å². The number of sulfone groups is 1. The second-order valence-electron chi connectivity index (χ2n) is 8.67. The fourth-order valence-corrected chi connectivity index (χ4v) is 6.26. The van der Waals surface area contributed by atoms with Gasteiger partial charge in [0.1, 0.15) is 17.2 Å². The molecular weight excluding hydrogens is 551 g/mol. The Morgan fingerprint density at radius 2 is 1.84 bits per heavy atom. The minimum absolute atomic E-state index is 0.0578. The number of benzene rings is 2. The summed E-state index contributed by atoms with van der Waals surface area (Å²) in [5.74, 6) is 0.546. The molecule has 0 spiro atoms. The number of ether oxygens (including phenoxy) is 2. The molecule has 13 heteroatoms. The third-order valence-electron chi connectivity index (χ3n) is 5.13. The Hall–Kier alpha value is -2.76. The molecule has 3 rings (SSSR count). The molecule has 0 aliphatic carbocycles. The van der Waals surface area contributed by atoms with E-state index in [1.54, 1.807) is 38.0 Å². The molecular formula is C25H31N2O8PS2. The van der Waals surface area contributed by atoms with Crippen molar-refractivity contribution in [1.29, 1.82) is 0 Å². The SMILES string of the molecule is CCOP(C)(=O)Cc1csc(NC(=O)c2cc(Oc3ccc(S(C)(=O)=O)cc3)cc(O[C@@H](C)CCO)c2)n1. The Morgan fingerprint density at radius 1 is 1.16 bits per heavy atom. The Kier molecular flexibility index (Phi) is 10.1. The van der Waals surface area contributed by atoms with Crippen molar-refractivity contribution >= 4 is 39.6 Å². The second kappa shape index (κ2) is 12.9. The minimum Gasteiger partial charge on any atom is -0.490 e. The van der Waals surface area contributed by atoms with Crippen molar-refractivity contribution < 1.29 is 36.9 Å². The van der Waals surface area contributed by atoms with Crippen LogP contribution in [0.25, 0.3) is 0 Å². The number of anilines is 1. The van der Waals surface area contributed by atoms with Gasteiger partial charge in [-0.15, -0.1) is 11.3 Å². The average Bonchev–Trinajstić information content (AvgIpc) is 3.24. The maximum atomic E-state index is 13.1. The molecule has 2 atom stereocenters. The van der Waals surface area contributed by atoms with Gasteiger partial charge in [0.25, 0.3) is 5.91 Å². The first-order valence-corrected chi connectivity index (χ1v) is 16.8. The fourth-order valence-electron chi connectivity index (χ4n) is 3.41. The van der Waals surface area contributed by atoms with Crippen LogP contribution in [0, 0.1) is 0 Å². The molecule has 0 aliphatic heterocycles. The zero-order valence-corrected chi connectivity index (χ0v) is 24.1. The van der Waals surface area contributed by atoms with Crippen LogP contribution in [0.1, 0.15) is 36.3 Å². The third-order valence-corrected chi connectivity index (χ3v) is 8.76. The van der Waals surface area contributed by atoms with Crippen molar-refractivity contribution in [2.45, 2.75) is 37.4 Å². The number of nitrogens with zero attached hydrogens (tertiary/aromatic N) is 1. The molecule has 1 unspecified atom stereocenters. The summed E-state index contributed by atoms with van der Waals surface area (Å²) in [5, 5.41) is 14.0.